The minimum Gasteiger partial charge on any atom is -0.508 e. The quantitative estimate of drug-likeness (QED) is 0.575. The Balaban J connectivity index is 2.82. The minimum atomic E-state index is -0.456. The smallest absolute Gasteiger partial charge is 0.251 e. The highest BCUT2D eigenvalue weighted by molar-refractivity contribution is 5.95. The molecule has 5 heteroatoms. The number of rotatable bonds is 3. The van der Waals surface area contributed by atoms with E-state index in [2.05, 4.69) is 5.32 Å². The molecule has 5 nitrogen and oxygen atoms in total. The molecule has 0 aliphatic heterocycles. The lowest BCUT2D eigenvalue weighted by atomic mass is 10.2. The van der Waals surface area contributed by atoms with Crippen molar-refractivity contribution in [2.24, 2.45) is 0 Å². The van der Waals surface area contributed by atoms with Crippen LogP contribution in [-0.4, -0.2) is 33.9 Å². The fourth-order valence-corrected chi connectivity index (χ4v) is 1.08. The second-order valence-corrected chi connectivity index (χ2v) is 3.30. The Kier molecular flexibility index (Phi) is 3.51. The molecular weight excluding hydrogens is 198 g/mol. The summed E-state index contributed by atoms with van der Waals surface area (Å²) in [5.41, 5.74) is 0.146. The number of phenols is 2. The summed E-state index contributed by atoms with van der Waals surface area (Å²) in [4.78, 5) is 11.5. The number of aliphatic hydroxyl groups is 1. The number of amides is 1. The van der Waals surface area contributed by atoms with Gasteiger partial charge in [0, 0.05) is 17.7 Å². The third-order valence-corrected chi connectivity index (χ3v) is 1.82. The summed E-state index contributed by atoms with van der Waals surface area (Å²) in [6, 6.07) is 3.23. The zero-order valence-corrected chi connectivity index (χ0v) is 8.27. The summed E-state index contributed by atoms with van der Waals surface area (Å²) in [6.07, 6.45) is 0. The van der Waals surface area contributed by atoms with Crippen LogP contribution < -0.4 is 5.32 Å². The highest BCUT2D eigenvalue weighted by Crippen LogP contribution is 2.20. The molecule has 1 aromatic rings. The minimum absolute atomic E-state index is 0.146. The number of aromatic hydroxyl groups is 2. The first-order chi connectivity index (χ1) is 7.02. The fourth-order valence-electron chi connectivity index (χ4n) is 1.08. The Labute approximate surface area is 87.0 Å². The van der Waals surface area contributed by atoms with E-state index in [0.717, 1.165) is 6.07 Å². The van der Waals surface area contributed by atoms with Gasteiger partial charge >= 0.3 is 0 Å². The normalized spacial score (nSPS) is 12.1. The van der Waals surface area contributed by atoms with Gasteiger partial charge in [-0.1, -0.05) is 0 Å². The third-order valence-electron chi connectivity index (χ3n) is 1.82. The monoisotopic (exact) mass is 211 g/mol. The number of carbonyl (C=O) groups is 1. The van der Waals surface area contributed by atoms with Crippen molar-refractivity contribution in [1.82, 2.24) is 5.32 Å². The Bertz CT molecular complexity index is 344. The van der Waals surface area contributed by atoms with Crippen LogP contribution in [0.25, 0.3) is 0 Å². The van der Waals surface area contributed by atoms with Crippen LogP contribution in [0.2, 0.25) is 0 Å². The van der Waals surface area contributed by atoms with E-state index in [9.17, 15) is 4.79 Å². The van der Waals surface area contributed by atoms with Crippen molar-refractivity contribution >= 4 is 5.91 Å². The molecule has 0 saturated heterocycles. The molecule has 1 rings (SSSR count). The van der Waals surface area contributed by atoms with Gasteiger partial charge in [0.15, 0.2) is 0 Å². The molecular formula is C10H13NO4. The molecule has 15 heavy (non-hydrogen) atoms. The van der Waals surface area contributed by atoms with Gasteiger partial charge in [-0.2, -0.15) is 0 Å². The number of hydrogen-bond donors (Lipinski definition) is 4. The molecule has 1 aromatic carbocycles. The number of benzene rings is 1. The van der Waals surface area contributed by atoms with E-state index in [1.807, 2.05) is 0 Å². The number of phenolic OH excluding ortho intramolecular Hbond substituents is 2. The molecule has 0 radical (unpaired) electrons. The van der Waals surface area contributed by atoms with Gasteiger partial charge in [-0.25, -0.2) is 0 Å². The highest BCUT2D eigenvalue weighted by atomic mass is 16.3. The topological polar surface area (TPSA) is 89.8 Å². The zero-order valence-electron chi connectivity index (χ0n) is 8.27. The van der Waals surface area contributed by atoms with Gasteiger partial charge < -0.3 is 20.6 Å². The van der Waals surface area contributed by atoms with Crippen LogP contribution in [0.1, 0.15) is 17.3 Å². The average Bonchev–Trinajstić information content (AvgIpc) is 2.16. The van der Waals surface area contributed by atoms with Gasteiger partial charge in [-0.15, -0.1) is 0 Å². The Morgan fingerprint density at radius 1 is 1.33 bits per heavy atom. The zero-order chi connectivity index (χ0) is 11.4. The molecule has 1 amide bonds. The summed E-state index contributed by atoms with van der Waals surface area (Å²) >= 11 is 0. The van der Waals surface area contributed by atoms with Crippen LogP contribution in [0.4, 0.5) is 0 Å². The molecule has 0 heterocycles. The molecule has 0 saturated carbocycles. The maximum atomic E-state index is 11.5. The first-order valence-corrected chi connectivity index (χ1v) is 4.47. The van der Waals surface area contributed by atoms with Gasteiger partial charge in [-0.05, 0) is 19.1 Å². The summed E-state index contributed by atoms with van der Waals surface area (Å²) in [5, 5.41) is 29.5. The van der Waals surface area contributed by atoms with Crippen LogP contribution in [-0.2, 0) is 0 Å². The van der Waals surface area contributed by atoms with Gasteiger partial charge in [0.1, 0.15) is 11.5 Å². The van der Waals surface area contributed by atoms with Gasteiger partial charge in [-0.3, -0.25) is 4.79 Å². The van der Waals surface area contributed by atoms with E-state index in [4.69, 9.17) is 15.3 Å². The van der Waals surface area contributed by atoms with Gasteiger partial charge in [0.2, 0.25) is 0 Å². The number of aliphatic hydroxyl groups excluding tert-OH is 1. The van der Waals surface area contributed by atoms with Crippen LogP contribution in [0.3, 0.4) is 0 Å². The van der Waals surface area contributed by atoms with Crippen LogP contribution >= 0.6 is 0 Å². The summed E-state index contributed by atoms with van der Waals surface area (Å²) in [5.74, 6) is -0.823. The average molecular weight is 211 g/mol. The lowest BCUT2D eigenvalue weighted by Gasteiger charge is -2.10. The molecule has 0 aromatic heterocycles. The molecule has 0 aliphatic rings. The lowest BCUT2D eigenvalue weighted by Crippen LogP contribution is -2.34. The van der Waals surface area contributed by atoms with Gasteiger partial charge in [0.05, 0.1) is 6.61 Å². The SMILES string of the molecule is C[C@H](CO)NC(=O)c1cc(O)cc(O)c1. The maximum Gasteiger partial charge on any atom is 0.251 e. The lowest BCUT2D eigenvalue weighted by molar-refractivity contribution is 0.0921. The van der Waals surface area contributed by atoms with E-state index in [-0.39, 0.29) is 29.7 Å². The summed E-state index contributed by atoms with van der Waals surface area (Å²) < 4.78 is 0. The maximum absolute atomic E-state index is 11.5. The predicted octanol–water partition coefficient (Wildman–Crippen LogP) is 0.208. The summed E-state index contributed by atoms with van der Waals surface area (Å²) in [6.45, 7) is 1.47. The van der Waals surface area contributed by atoms with Crippen LogP contribution in [0.5, 0.6) is 11.5 Å². The third kappa shape index (κ3) is 3.14. The Hall–Kier alpha value is -1.75. The van der Waals surface area contributed by atoms with Crippen molar-refractivity contribution in [1.29, 1.82) is 0 Å². The van der Waals surface area contributed by atoms with E-state index in [1.54, 1.807) is 6.92 Å². The van der Waals surface area contributed by atoms with Crippen molar-refractivity contribution in [3.05, 3.63) is 23.8 Å². The molecule has 1 atom stereocenters. The van der Waals surface area contributed by atoms with E-state index in [1.165, 1.54) is 12.1 Å². The first-order valence-electron chi connectivity index (χ1n) is 4.47. The van der Waals surface area contributed by atoms with E-state index >= 15 is 0 Å². The summed E-state index contributed by atoms with van der Waals surface area (Å²) in [7, 11) is 0. The van der Waals surface area contributed by atoms with Crippen molar-refractivity contribution in [2.75, 3.05) is 6.61 Å². The second kappa shape index (κ2) is 4.65. The number of nitrogens with one attached hydrogen (secondary N) is 1. The van der Waals surface area contributed by atoms with Crippen LogP contribution in [0.15, 0.2) is 18.2 Å². The molecule has 4 N–H and O–H groups in total. The molecule has 0 unspecified atom stereocenters. The molecule has 0 aliphatic carbocycles. The van der Waals surface area contributed by atoms with E-state index in [0.29, 0.717) is 0 Å². The largest absolute Gasteiger partial charge is 0.508 e. The highest BCUT2D eigenvalue weighted by Gasteiger charge is 2.10. The van der Waals surface area contributed by atoms with Crippen molar-refractivity contribution < 1.29 is 20.1 Å². The number of hydrogen-bond acceptors (Lipinski definition) is 4. The standard InChI is InChI=1S/C10H13NO4/c1-6(5-12)11-10(15)7-2-8(13)4-9(14)3-7/h2-4,6,12-14H,5H2,1H3,(H,11,15)/t6-/m1/s1. The van der Waals surface area contributed by atoms with Crippen molar-refractivity contribution in [2.45, 2.75) is 13.0 Å². The van der Waals surface area contributed by atoms with E-state index < -0.39 is 5.91 Å². The van der Waals surface area contributed by atoms with Crippen molar-refractivity contribution in [3.8, 4) is 11.5 Å². The Morgan fingerprint density at radius 2 is 1.87 bits per heavy atom. The van der Waals surface area contributed by atoms with Gasteiger partial charge in [0.25, 0.3) is 5.91 Å². The predicted molar refractivity (Wildman–Crippen MR) is 53.8 cm³/mol. The molecule has 82 valence electrons. The Morgan fingerprint density at radius 3 is 2.33 bits per heavy atom. The molecule has 0 spiro atoms. The first kappa shape index (κ1) is 11.3. The molecule has 0 bridgehead atoms. The number of carbonyl (C=O) groups excluding carboxylic acids is 1. The fraction of sp³-hybridized carbons (Fsp3) is 0.300. The van der Waals surface area contributed by atoms with Crippen LogP contribution in [0, 0.1) is 0 Å². The van der Waals surface area contributed by atoms with Crippen molar-refractivity contribution in [3.63, 3.8) is 0 Å². The molecule has 0 fully saturated rings. The second-order valence-electron chi connectivity index (χ2n) is 3.30.